The standard InChI is InChI=1S/C13H11N3O4.C13H10N2O4.CH5N/c14-7-3-1-2-6-10(7)13(20)16(12(6)19)8-4-5-9(17)15-11(8)18;16-10-6-5-9(11(17)14-10)15-12(18)7-3-1-2-4-8(7)13(15)19;1-2/h1-3,8H,4-5,14H2,(H,15,17,18);1-4,9H,5-6H2,(H,14,16,17);2H2,1H3. The van der Waals surface area contributed by atoms with Crippen LogP contribution in [-0.2, 0) is 19.2 Å². The van der Waals surface area contributed by atoms with Gasteiger partial charge in [-0.05, 0) is 44.2 Å². The van der Waals surface area contributed by atoms with Crippen LogP contribution in [0, 0.1) is 0 Å². The van der Waals surface area contributed by atoms with Gasteiger partial charge < -0.3 is 11.5 Å². The Kier molecular flexibility index (Phi) is 8.05. The molecule has 14 heteroatoms. The van der Waals surface area contributed by atoms with E-state index in [4.69, 9.17) is 5.73 Å². The fourth-order valence-corrected chi connectivity index (χ4v) is 4.96. The van der Waals surface area contributed by atoms with Gasteiger partial charge >= 0.3 is 0 Å². The molecule has 6 rings (SSSR count). The van der Waals surface area contributed by atoms with Gasteiger partial charge in [0, 0.05) is 18.5 Å². The van der Waals surface area contributed by atoms with Crippen molar-refractivity contribution in [2.75, 3.05) is 12.8 Å². The third-order valence-electron chi connectivity index (χ3n) is 6.85. The number of rotatable bonds is 2. The fraction of sp³-hybridized carbons (Fsp3) is 0.259. The maximum absolute atomic E-state index is 12.3. The number of nitrogens with zero attached hydrogens (tertiary/aromatic N) is 2. The lowest BCUT2D eigenvalue weighted by molar-refractivity contribution is -0.137. The lowest BCUT2D eigenvalue weighted by Gasteiger charge is -2.27. The molecule has 4 heterocycles. The van der Waals surface area contributed by atoms with E-state index < -0.39 is 53.4 Å². The number of piperidine rings is 2. The molecule has 0 bridgehead atoms. The van der Waals surface area contributed by atoms with Crippen molar-refractivity contribution in [2.45, 2.75) is 37.8 Å². The summed E-state index contributed by atoms with van der Waals surface area (Å²) in [5.74, 6) is -4.09. The third kappa shape index (κ3) is 5.07. The van der Waals surface area contributed by atoms with Gasteiger partial charge in [0.15, 0.2) is 0 Å². The molecule has 41 heavy (non-hydrogen) atoms. The van der Waals surface area contributed by atoms with Crippen LogP contribution in [0.15, 0.2) is 42.5 Å². The van der Waals surface area contributed by atoms with Gasteiger partial charge in [0.05, 0.1) is 22.3 Å². The molecule has 0 spiro atoms. The highest BCUT2D eigenvalue weighted by molar-refractivity contribution is 6.25. The molecule has 2 aromatic rings. The molecular weight excluding hydrogens is 536 g/mol. The van der Waals surface area contributed by atoms with Crippen molar-refractivity contribution in [3.05, 3.63) is 64.7 Å². The summed E-state index contributed by atoms with van der Waals surface area (Å²) in [6.07, 6.45) is 0.537. The molecule has 4 aliphatic heterocycles. The van der Waals surface area contributed by atoms with E-state index in [1.807, 2.05) is 0 Å². The molecule has 0 radical (unpaired) electrons. The SMILES string of the molecule is CN.Nc1cccc2c1C(=O)N(C1CCC(=O)NC1=O)C2=O.O=C1CCC(N2C(=O)c3ccccc3C2=O)C(=O)N1. The summed E-state index contributed by atoms with van der Waals surface area (Å²) in [6, 6.07) is 9.19. The Balaban J connectivity index is 0.000000178. The van der Waals surface area contributed by atoms with Crippen LogP contribution in [0.2, 0.25) is 0 Å². The van der Waals surface area contributed by atoms with Crippen molar-refractivity contribution in [3.63, 3.8) is 0 Å². The van der Waals surface area contributed by atoms with Gasteiger partial charge in [0.25, 0.3) is 23.6 Å². The Labute approximate surface area is 233 Å². The van der Waals surface area contributed by atoms with E-state index >= 15 is 0 Å². The zero-order valence-corrected chi connectivity index (χ0v) is 21.8. The summed E-state index contributed by atoms with van der Waals surface area (Å²) in [4.78, 5) is 96.6. The normalized spacial score (nSPS) is 21.3. The molecule has 2 unspecified atom stereocenters. The second-order valence-corrected chi connectivity index (χ2v) is 9.21. The average Bonchev–Trinajstić information content (AvgIpc) is 3.36. The van der Waals surface area contributed by atoms with Gasteiger partial charge in [-0.2, -0.15) is 0 Å². The molecule has 2 fully saturated rings. The number of benzene rings is 2. The molecule has 6 N–H and O–H groups in total. The Morgan fingerprint density at radius 2 is 1.02 bits per heavy atom. The molecule has 2 saturated heterocycles. The largest absolute Gasteiger partial charge is 0.398 e. The Morgan fingerprint density at radius 1 is 0.610 bits per heavy atom. The number of nitrogens with two attached hydrogens (primary N) is 2. The predicted octanol–water partition coefficient (Wildman–Crippen LogP) is -0.667. The average molecular weight is 563 g/mol. The van der Waals surface area contributed by atoms with E-state index in [0.717, 1.165) is 9.80 Å². The van der Waals surface area contributed by atoms with Gasteiger partial charge in [-0.3, -0.25) is 58.8 Å². The monoisotopic (exact) mass is 562 g/mol. The number of fused-ring (bicyclic) bond motifs is 2. The second kappa shape index (κ2) is 11.5. The number of nitrogens with one attached hydrogen (secondary N) is 2. The van der Waals surface area contributed by atoms with Crippen molar-refractivity contribution in [1.29, 1.82) is 0 Å². The van der Waals surface area contributed by atoms with Crippen molar-refractivity contribution in [3.8, 4) is 0 Å². The van der Waals surface area contributed by atoms with Crippen molar-refractivity contribution in [2.24, 2.45) is 5.73 Å². The topological polar surface area (TPSA) is 219 Å². The molecule has 2 atom stereocenters. The number of carbonyl (C=O) groups excluding carboxylic acids is 8. The van der Waals surface area contributed by atoms with E-state index in [9.17, 15) is 38.4 Å². The summed E-state index contributed by atoms with van der Waals surface area (Å²) in [7, 11) is 1.50. The molecule has 8 amide bonds. The Morgan fingerprint density at radius 3 is 1.46 bits per heavy atom. The van der Waals surface area contributed by atoms with Crippen LogP contribution < -0.4 is 22.1 Å². The van der Waals surface area contributed by atoms with Gasteiger partial charge in [-0.25, -0.2) is 0 Å². The first-order valence-electron chi connectivity index (χ1n) is 12.6. The summed E-state index contributed by atoms with van der Waals surface area (Å²) in [5, 5.41) is 4.28. The Hall–Kier alpha value is -5.24. The number of hydrogen-bond donors (Lipinski definition) is 4. The lowest BCUT2D eigenvalue weighted by atomic mass is 10.0. The van der Waals surface area contributed by atoms with Crippen LogP contribution in [0.25, 0.3) is 0 Å². The highest BCUT2D eigenvalue weighted by atomic mass is 16.2. The molecule has 0 aliphatic carbocycles. The molecule has 14 nitrogen and oxygen atoms in total. The summed E-state index contributed by atoms with van der Waals surface area (Å²) in [6.45, 7) is 0. The highest BCUT2D eigenvalue weighted by Crippen LogP contribution is 2.31. The van der Waals surface area contributed by atoms with Crippen molar-refractivity contribution >= 4 is 52.9 Å². The van der Waals surface area contributed by atoms with E-state index in [-0.39, 0.29) is 48.4 Å². The molecule has 0 aromatic heterocycles. The van der Waals surface area contributed by atoms with Crippen molar-refractivity contribution < 1.29 is 38.4 Å². The second-order valence-electron chi connectivity index (χ2n) is 9.21. The first kappa shape index (κ1) is 28.8. The predicted molar refractivity (Wildman–Crippen MR) is 141 cm³/mol. The molecule has 2 aromatic carbocycles. The van der Waals surface area contributed by atoms with Crippen molar-refractivity contribution in [1.82, 2.24) is 20.4 Å². The number of hydrogen-bond acceptors (Lipinski definition) is 10. The van der Waals surface area contributed by atoms with E-state index in [2.05, 4.69) is 16.4 Å². The maximum Gasteiger partial charge on any atom is 0.264 e. The van der Waals surface area contributed by atoms with Crippen LogP contribution in [0.5, 0.6) is 0 Å². The number of amides is 8. The number of anilines is 1. The smallest absolute Gasteiger partial charge is 0.264 e. The molecule has 212 valence electrons. The van der Waals surface area contributed by atoms with Gasteiger partial charge in [0.1, 0.15) is 12.1 Å². The minimum Gasteiger partial charge on any atom is -0.398 e. The number of nitrogen functional groups attached to an aromatic ring is 1. The summed E-state index contributed by atoms with van der Waals surface area (Å²) in [5.41, 5.74) is 11.4. The van der Waals surface area contributed by atoms with Crippen LogP contribution in [0.4, 0.5) is 5.69 Å². The van der Waals surface area contributed by atoms with Crippen LogP contribution in [0.3, 0.4) is 0 Å². The number of carbonyl (C=O) groups is 8. The minimum absolute atomic E-state index is 0.0965. The zero-order valence-electron chi connectivity index (χ0n) is 21.8. The van der Waals surface area contributed by atoms with E-state index in [1.54, 1.807) is 30.3 Å². The first-order valence-corrected chi connectivity index (χ1v) is 12.6. The van der Waals surface area contributed by atoms with Gasteiger partial charge in [-0.1, -0.05) is 18.2 Å². The zero-order chi connectivity index (χ0) is 30.0. The van der Waals surface area contributed by atoms with Crippen LogP contribution >= 0.6 is 0 Å². The lowest BCUT2D eigenvalue weighted by Crippen LogP contribution is -2.54. The van der Waals surface area contributed by atoms with Crippen LogP contribution in [0.1, 0.15) is 67.1 Å². The first-order chi connectivity index (χ1) is 19.6. The highest BCUT2D eigenvalue weighted by Gasteiger charge is 2.46. The quantitative estimate of drug-likeness (QED) is 0.267. The third-order valence-corrected chi connectivity index (χ3v) is 6.85. The molecule has 0 saturated carbocycles. The van der Waals surface area contributed by atoms with Gasteiger partial charge in [0.2, 0.25) is 23.6 Å². The van der Waals surface area contributed by atoms with Gasteiger partial charge in [-0.15, -0.1) is 0 Å². The molecular formula is C27H26N6O8. The summed E-state index contributed by atoms with van der Waals surface area (Å²) >= 11 is 0. The van der Waals surface area contributed by atoms with Crippen LogP contribution in [-0.4, -0.2) is 76.2 Å². The Bertz CT molecular complexity index is 1480. The molecule has 4 aliphatic rings. The van der Waals surface area contributed by atoms with E-state index in [0.29, 0.717) is 11.1 Å². The summed E-state index contributed by atoms with van der Waals surface area (Å²) < 4.78 is 0. The van der Waals surface area contributed by atoms with E-state index in [1.165, 1.54) is 19.2 Å². The number of imide groups is 4. The minimum atomic E-state index is -0.959. The maximum atomic E-state index is 12.3. The fourth-order valence-electron chi connectivity index (χ4n) is 4.96.